The van der Waals surface area contributed by atoms with Gasteiger partial charge >= 0.3 is 0 Å². The number of aromatic amines is 1. The molecule has 0 saturated heterocycles. The van der Waals surface area contributed by atoms with Gasteiger partial charge in [0, 0.05) is 35.5 Å². The van der Waals surface area contributed by atoms with Gasteiger partial charge in [-0.25, -0.2) is 0 Å². The van der Waals surface area contributed by atoms with Gasteiger partial charge in [-0.1, -0.05) is 36.4 Å². The molecule has 2 aromatic carbocycles. The summed E-state index contributed by atoms with van der Waals surface area (Å²) in [6, 6.07) is 15.4. The van der Waals surface area contributed by atoms with Crippen molar-refractivity contribution < 1.29 is 14.3 Å². The first-order chi connectivity index (χ1) is 12.8. The van der Waals surface area contributed by atoms with Crippen LogP contribution in [0.4, 0.5) is 0 Å². The fourth-order valence-corrected chi connectivity index (χ4v) is 3.37. The van der Waals surface area contributed by atoms with Crippen molar-refractivity contribution in [3.05, 3.63) is 72.1 Å². The van der Waals surface area contributed by atoms with Gasteiger partial charge in [0.05, 0.1) is 25.3 Å². The van der Waals surface area contributed by atoms with Crippen molar-refractivity contribution in [1.29, 1.82) is 0 Å². The van der Waals surface area contributed by atoms with Crippen LogP contribution in [0.25, 0.3) is 11.1 Å². The number of benzene rings is 2. The van der Waals surface area contributed by atoms with Gasteiger partial charge in [0.15, 0.2) is 0 Å². The number of H-pyrrole nitrogens is 1. The zero-order valence-corrected chi connectivity index (χ0v) is 14.5. The standard InChI is InChI=1S/C21H20N2O3/c1-25-19-8-4-2-6-14(19)16-12-22-13-17(16)21(24)23-18-10-11-26-20-9-5-3-7-15(18)20/h2-9,12-13,18,22H,10-11H2,1H3,(H,23,24). The SMILES string of the molecule is COc1ccccc1-c1c[nH]cc1C(=O)NC1CCOc2ccccc21. The molecule has 3 aromatic rings. The van der Waals surface area contributed by atoms with E-state index in [0.717, 1.165) is 34.6 Å². The Labute approximate surface area is 152 Å². The Balaban J connectivity index is 1.62. The van der Waals surface area contributed by atoms with Gasteiger partial charge in [0.1, 0.15) is 11.5 Å². The van der Waals surface area contributed by atoms with Crippen molar-refractivity contribution in [1.82, 2.24) is 10.3 Å². The smallest absolute Gasteiger partial charge is 0.253 e. The van der Waals surface area contributed by atoms with Gasteiger partial charge in [-0.15, -0.1) is 0 Å². The van der Waals surface area contributed by atoms with Gasteiger partial charge in [0.2, 0.25) is 0 Å². The first-order valence-electron chi connectivity index (χ1n) is 8.60. The monoisotopic (exact) mass is 348 g/mol. The second-order valence-corrected chi connectivity index (χ2v) is 6.18. The average Bonchev–Trinajstić information content (AvgIpc) is 3.18. The summed E-state index contributed by atoms with van der Waals surface area (Å²) in [6.45, 7) is 0.592. The highest BCUT2D eigenvalue weighted by Crippen LogP contribution is 2.34. The molecule has 4 rings (SSSR count). The van der Waals surface area contributed by atoms with E-state index in [9.17, 15) is 4.79 Å². The lowest BCUT2D eigenvalue weighted by atomic mass is 9.99. The Morgan fingerprint density at radius 2 is 1.92 bits per heavy atom. The van der Waals surface area contributed by atoms with Crippen LogP contribution in [0.1, 0.15) is 28.4 Å². The number of rotatable bonds is 4. The summed E-state index contributed by atoms with van der Waals surface area (Å²) in [4.78, 5) is 16.0. The molecular weight excluding hydrogens is 328 g/mol. The van der Waals surface area contributed by atoms with Gasteiger partial charge in [-0.2, -0.15) is 0 Å². The zero-order chi connectivity index (χ0) is 17.9. The predicted octanol–water partition coefficient (Wildman–Crippen LogP) is 3.94. The number of hydrogen-bond donors (Lipinski definition) is 2. The second kappa shape index (κ2) is 6.96. The van der Waals surface area contributed by atoms with Crippen LogP contribution in [0.15, 0.2) is 60.9 Å². The maximum atomic E-state index is 13.0. The van der Waals surface area contributed by atoms with Crippen LogP contribution >= 0.6 is 0 Å². The van der Waals surface area contributed by atoms with Gasteiger partial charge in [0.25, 0.3) is 5.91 Å². The molecule has 1 aliphatic heterocycles. The lowest BCUT2D eigenvalue weighted by Crippen LogP contribution is -2.32. The average molecular weight is 348 g/mol. The van der Waals surface area contributed by atoms with E-state index in [1.54, 1.807) is 13.3 Å². The highest BCUT2D eigenvalue weighted by atomic mass is 16.5. The summed E-state index contributed by atoms with van der Waals surface area (Å²) < 4.78 is 11.1. The number of hydrogen-bond acceptors (Lipinski definition) is 3. The van der Waals surface area contributed by atoms with E-state index in [0.29, 0.717) is 12.2 Å². The van der Waals surface area contributed by atoms with E-state index in [4.69, 9.17) is 9.47 Å². The molecule has 1 unspecified atom stereocenters. The molecule has 5 nitrogen and oxygen atoms in total. The van der Waals surface area contributed by atoms with Crippen LogP contribution in [-0.4, -0.2) is 24.6 Å². The summed E-state index contributed by atoms with van der Waals surface area (Å²) in [6.07, 6.45) is 4.30. The van der Waals surface area contributed by atoms with Crippen molar-refractivity contribution in [3.8, 4) is 22.6 Å². The van der Waals surface area contributed by atoms with E-state index < -0.39 is 0 Å². The third-order valence-electron chi connectivity index (χ3n) is 4.65. The molecule has 2 heterocycles. The summed E-state index contributed by atoms with van der Waals surface area (Å²) in [5.41, 5.74) is 3.31. The minimum atomic E-state index is -0.117. The number of fused-ring (bicyclic) bond motifs is 1. The van der Waals surface area contributed by atoms with Crippen LogP contribution in [0, 0.1) is 0 Å². The zero-order valence-electron chi connectivity index (χ0n) is 14.5. The molecule has 1 amide bonds. The second-order valence-electron chi connectivity index (χ2n) is 6.18. The molecule has 2 N–H and O–H groups in total. The Kier molecular flexibility index (Phi) is 4.35. The van der Waals surface area contributed by atoms with Crippen LogP contribution in [0.5, 0.6) is 11.5 Å². The molecule has 1 aliphatic rings. The topological polar surface area (TPSA) is 63.4 Å². The predicted molar refractivity (Wildman–Crippen MR) is 99.5 cm³/mol. The molecule has 0 radical (unpaired) electrons. The number of carbonyl (C=O) groups excluding carboxylic acids is 1. The van der Waals surface area contributed by atoms with E-state index in [2.05, 4.69) is 10.3 Å². The molecule has 0 bridgehead atoms. The van der Waals surface area contributed by atoms with Crippen LogP contribution in [0.3, 0.4) is 0 Å². The van der Waals surface area contributed by atoms with Gasteiger partial charge < -0.3 is 19.8 Å². The number of carbonyl (C=O) groups is 1. The number of amides is 1. The third kappa shape index (κ3) is 2.92. The van der Waals surface area contributed by atoms with Crippen molar-refractivity contribution >= 4 is 5.91 Å². The molecule has 132 valence electrons. The summed E-state index contributed by atoms with van der Waals surface area (Å²) in [7, 11) is 1.63. The first-order valence-corrected chi connectivity index (χ1v) is 8.60. The molecule has 0 saturated carbocycles. The number of para-hydroxylation sites is 2. The Morgan fingerprint density at radius 1 is 1.12 bits per heavy atom. The highest BCUT2D eigenvalue weighted by molar-refractivity contribution is 6.01. The number of aromatic nitrogens is 1. The van der Waals surface area contributed by atoms with E-state index in [1.165, 1.54) is 0 Å². The van der Waals surface area contributed by atoms with E-state index >= 15 is 0 Å². The molecule has 1 aromatic heterocycles. The Morgan fingerprint density at radius 3 is 2.81 bits per heavy atom. The molecule has 5 heteroatoms. The number of methoxy groups -OCH3 is 1. The van der Waals surface area contributed by atoms with Crippen molar-refractivity contribution in [2.75, 3.05) is 13.7 Å². The number of nitrogens with one attached hydrogen (secondary N) is 2. The van der Waals surface area contributed by atoms with E-state index in [-0.39, 0.29) is 11.9 Å². The van der Waals surface area contributed by atoms with Gasteiger partial charge in [-0.05, 0) is 12.1 Å². The van der Waals surface area contributed by atoms with Crippen molar-refractivity contribution in [2.24, 2.45) is 0 Å². The lowest BCUT2D eigenvalue weighted by molar-refractivity contribution is 0.0925. The molecule has 0 aliphatic carbocycles. The quantitative estimate of drug-likeness (QED) is 0.750. The minimum Gasteiger partial charge on any atom is -0.496 e. The maximum Gasteiger partial charge on any atom is 0.253 e. The first kappa shape index (κ1) is 16.3. The Hall–Kier alpha value is -3.21. The summed E-state index contributed by atoms with van der Waals surface area (Å²) in [5, 5.41) is 3.15. The van der Waals surface area contributed by atoms with Crippen molar-refractivity contribution in [3.63, 3.8) is 0 Å². The Bertz CT molecular complexity index is 932. The van der Waals surface area contributed by atoms with E-state index in [1.807, 2.05) is 54.7 Å². The van der Waals surface area contributed by atoms with Crippen molar-refractivity contribution in [2.45, 2.75) is 12.5 Å². The highest BCUT2D eigenvalue weighted by Gasteiger charge is 2.25. The summed E-state index contributed by atoms with van der Waals surface area (Å²) in [5.74, 6) is 1.45. The van der Waals surface area contributed by atoms with Crippen LogP contribution in [0.2, 0.25) is 0 Å². The largest absolute Gasteiger partial charge is 0.496 e. The molecule has 26 heavy (non-hydrogen) atoms. The fourth-order valence-electron chi connectivity index (χ4n) is 3.37. The van der Waals surface area contributed by atoms with Crippen LogP contribution in [-0.2, 0) is 0 Å². The molecule has 0 spiro atoms. The normalized spacial score (nSPS) is 15.7. The minimum absolute atomic E-state index is 0.0622. The molecular formula is C21H20N2O3. The molecule has 0 fully saturated rings. The fraction of sp³-hybridized carbons (Fsp3) is 0.190. The van der Waals surface area contributed by atoms with Gasteiger partial charge in [-0.3, -0.25) is 4.79 Å². The lowest BCUT2D eigenvalue weighted by Gasteiger charge is -2.26. The molecule has 1 atom stereocenters. The third-order valence-corrected chi connectivity index (χ3v) is 4.65. The maximum absolute atomic E-state index is 13.0. The summed E-state index contributed by atoms with van der Waals surface area (Å²) >= 11 is 0. The van der Waals surface area contributed by atoms with Crippen LogP contribution < -0.4 is 14.8 Å². The number of ether oxygens (including phenoxy) is 2.